The van der Waals surface area contributed by atoms with E-state index < -0.39 is 0 Å². The van der Waals surface area contributed by atoms with Gasteiger partial charge in [-0.3, -0.25) is 14.2 Å². The third kappa shape index (κ3) is 3.17. The molecule has 1 atom stereocenters. The van der Waals surface area contributed by atoms with Gasteiger partial charge < -0.3 is 18.9 Å². The van der Waals surface area contributed by atoms with Crippen molar-refractivity contribution < 1.29 is 14.3 Å². The van der Waals surface area contributed by atoms with Crippen LogP contribution in [0.2, 0.25) is 0 Å². The molecule has 1 amide bonds. The zero-order chi connectivity index (χ0) is 21.7. The summed E-state index contributed by atoms with van der Waals surface area (Å²) in [6.07, 6.45) is 3.18. The largest absolute Gasteiger partial charge is 0.493 e. The number of thioether (sulfide) groups is 1. The Morgan fingerprint density at radius 3 is 2.71 bits per heavy atom. The van der Waals surface area contributed by atoms with Crippen LogP contribution in [0.25, 0.3) is 21.9 Å². The van der Waals surface area contributed by atoms with Crippen molar-refractivity contribution in [3.05, 3.63) is 22.5 Å². The Labute approximate surface area is 184 Å². The van der Waals surface area contributed by atoms with Gasteiger partial charge in [0.25, 0.3) is 5.56 Å². The fourth-order valence-electron chi connectivity index (χ4n) is 4.75. The summed E-state index contributed by atoms with van der Waals surface area (Å²) in [6, 6.07) is 3.90. The van der Waals surface area contributed by atoms with Crippen LogP contribution >= 0.6 is 11.8 Å². The van der Waals surface area contributed by atoms with Crippen molar-refractivity contribution in [1.82, 2.24) is 19.0 Å². The fourth-order valence-corrected chi connectivity index (χ4v) is 5.69. The van der Waals surface area contributed by atoms with E-state index in [1.165, 1.54) is 0 Å². The number of hydrogen-bond acceptors (Lipinski definition) is 6. The lowest BCUT2D eigenvalue weighted by Crippen LogP contribution is -2.43. The summed E-state index contributed by atoms with van der Waals surface area (Å²) in [5.41, 5.74) is 1.74. The monoisotopic (exact) mass is 442 g/mol. The molecule has 2 aliphatic rings. The third-order valence-electron chi connectivity index (χ3n) is 6.39. The Morgan fingerprint density at radius 1 is 1.19 bits per heavy atom. The van der Waals surface area contributed by atoms with Crippen molar-refractivity contribution in [2.24, 2.45) is 0 Å². The second-order valence-electron chi connectivity index (χ2n) is 8.14. The van der Waals surface area contributed by atoms with E-state index in [1.807, 2.05) is 21.6 Å². The highest BCUT2D eigenvalue weighted by atomic mass is 32.2. The molecule has 1 fully saturated rings. The zero-order valence-corrected chi connectivity index (χ0v) is 18.8. The van der Waals surface area contributed by atoms with E-state index in [9.17, 15) is 9.59 Å². The summed E-state index contributed by atoms with van der Waals surface area (Å²) >= 11 is 1.58. The maximum absolute atomic E-state index is 13.4. The molecule has 5 rings (SSSR count). The standard InChI is InChI=1S/C22H26N4O4S/c1-13-6-4-5-7-24(13)18(27)12-26-15-11-17(30-3)16(29-2)10-14(15)19-20(26)21(28)25-8-9-31-22(25)23-19/h10-11,13H,4-9,12H2,1-3H3/t13-/m0/s1. The molecule has 9 heteroatoms. The first-order valence-corrected chi connectivity index (χ1v) is 11.6. The van der Waals surface area contributed by atoms with E-state index in [0.29, 0.717) is 29.1 Å². The van der Waals surface area contributed by atoms with Crippen LogP contribution in [0.15, 0.2) is 22.1 Å². The number of piperidine rings is 1. The van der Waals surface area contributed by atoms with Gasteiger partial charge in [0, 0.05) is 36.3 Å². The summed E-state index contributed by atoms with van der Waals surface area (Å²) in [5, 5.41) is 1.52. The van der Waals surface area contributed by atoms with E-state index in [4.69, 9.17) is 14.5 Å². The number of benzene rings is 1. The summed E-state index contributed by atoms with van der Waals surface area (Å²) in [6.45, 7) is 3.59. The third-order valence-corrected chi connectivity index (χ3v) is 7.35. The molecule has 0 N–H and O–H groups in total. The molecular weight excluding hydrogens is 416 g/mol. The first-order chi connectivity index (χ1) is 15.0. The van der Waals surface area contributed by atoms with Crippen LogP contribution in [-0.2, 0) is 17.9 Å². The van der Waals surface area contributed by atoms with Crippen LogP contribution < -0.4 is 15.0 Å². The van der Waals surface area contributed by atoms with Gasteiger partial charge in [-0.1, -0.05) is 11.8 Å². The Balaban J connectivity index is 1.74. The molecule has 1 aromatic carbocycles. The zero-order valence-electron chi connectivity index (χ0n) is 18.0. The lowest BCUT2D eigenvalue weighted by atomic mass is 10.0. The molecule has 1 saturated heterocycles. The number of aromatic nitrogens is 3. The topological polar surface area (TPSA) is 78.6 Å². The molecule has 4 heterocycles. The predicted molar refractivity (Wildman–Crippen MR) is 120 cm³/mol. The normalized spacial score (nSPS) is 18.5. The number of likely N-dealkylation sites (tertiary alicyclic amines) is 1. The van der Waals surface area contributed by atoms with Gasteiger partial charge in [-0.25, -0.2) is 4.98 Å². The van der Waals surface area contributed by atoms with E-state index in [-0.39, 0.29) is 24.1 Å². The van der Waals surface area contributed by atoms with E-state index in [2.05, 4.69) is 6.92 Å². The van der Waals surface area contributed by atoms with Crippen molar-refractivity contribution >= 4 is 39.6 Å². The molecule has 2 aliphatic heterocycles. The second kappa shape index (κ2) is 7.78. The summed E-state index contributed by atoms with van der Waals surface area (Å²) in [7, 11) is 3.16. The number of amides is 1. The highest BCUT2D eigenvalue weighted by molar-refractivity contribution is 7.99. The second-order valence-corrected chi connectivity index (χ2v) is 9.20. The fraction of sp³-hybridized carbons (Fsp3) is 0.500. The van der Waals surface area contributed by atoms with E-state index in [0.717, 1.165) is 47.6 Å². The lowest BCUT2D eigenvalue weighted by Gasteiger charge is -2.33. The quantitative estimate of drug-likeness (QED) is 0.578. The maximum atomic E-state index is 13.4. The Bertz CT molecular complexity index is 1250. The van der Waals surface area contributed by atoms with Crippen molar-refractivity contribution in [3.8, 4) is 11.5 Å². The molecule has 0 radical (unpaired) electrons. The van der Waals surface area contributed by atoms with Crippen LogP contribution in [0.4, 0.5) is 0 Å². The average molecular weight is 443 g/mol. The number of carbonyl (C=O) groups excluding carboxylic acids is 1. The number of methoxy groups -OCH3 is 2. The first-order valence-electron chi connectivity index (χ1n) is 10.6. The van der Waals surface area contributed by atoms with Gasteiger partial charge in [-0.2, -0.15) is 0 Å². The van der Waals surface area contributed by atoms with Gasteiger partial charge in [0.2, 0.25) is 5.91 Å². The number of hydrogen-bond donors (Lipinski definition) is 0. The van der Waals surface area contributed by atoms with Gasteiger partial charge >= 0.3 is 0 Å². The van der Waals surface area contributed by atoms with Gasteiger partial charge in [0.15, 0.2) is 16.7 Å². The van der Waals surface area contributed by atoms with Crippen LogP contribution in [0.5, 0.6) is 11.5 Å². The molecule has 0 spiro atoms. The summed E-state index contributed by atoms with van der Waals surface area (Å²) in [4.78, 5) is 33.5. The molecule has 2 aromatic heterocycles. The highest BCUT2D eigenvalue weighted by Crippen LogP contribution is 2.37. The summed E-state index contributed by atoms with van der Waals surface area (Å²) in [5.74, 6) is 1.98. The van der Waals surface area contributed by atoms with E-state index >= 15 is 0 Å². The van der Waals surface area contributed by atoms with Crippen LogP contribution in [0.1, 0.15) is 26.2 Å². The van der Waals surface area contributed by atoms with Gasteiger partial charge in [-0.05, 0) is 32.3 Å². The number of nitrogens with zero attached hydrogens (tertiary/aromatic N) is 4. The molecule has 31 heavy (non-hydrogen) atoms. The maximum Gasteiger partial charge on any atom is 0.278 e. The molecule has 0 bridgehead atoms. The molecule has 3 aromatic rings. The minimum atomic E-state index is -0.0985. The lowest BCUT2D eigenvalue weighted by molar-refractivity contribution is -0.134. The van der Waals surface area contributed by atoms with Crippen LogP contribution in [-0.4, -0.2) is 57.5 Å². The van der Waals surface area contributed by atoms with Crippen molar-refractivity contribution in [2.75, 3.05) is 26.5 Å². The van der Waals surface area contributed by atoms with Crippen molar-refractivity contribution in [3.63, 3.8) is 0 Å². The number of ether oxygens (including phenoxy) is 2. The van der Waals surface area contributed by atoms with Gasteiger partial charge in [0.05, 0.1) is 19.7 Å². The SMILES string of the molecule is COc1cc2c3nc4n(c(=O)c3n(CC(=O)N3CCCC[C@@H]3C)c2cc1OC)CCS4. The minimum absolute atomic E-state index is 0.0278. The van der Waals surface area contributed by atoms with E-state index in [1.54, 1.807) is 30.5 Å². The van der Waals surface area contributed by atoms with Crippen molar-refractivity contribution in [2.45, 2.75) is 50.5 Å². The smallest absolute Gasteiger partial charge is 0.278 e. The molecule has 8 nitrogen and oxygen atoms in total. The van der Waals surface area contributed by atoms with Crippen LogP contribution in [0, 0.1) is 0 Å². The number of rotatable bonds is 4. The molecule has 0 aliphatic carbocycles. The molecule has 164 valence electrons. The first kappa shape index (κ1) is 20.2. The number of fused-ring (bicyclic) bond motifs is 4. The highest BCUT2D eigenvalue weighted by Gasteiger charge is 2.28. The molecule has 0 saturated carbocycles. The predicted octanol–water partition coefficient (Wildman–Crippen LogP) is 2.88. The van der Waals surface area contributed by atoms with Crippen LogP contribution in [0.3, 0.4) is 0 Å². The van der Waals surface area contributed by atoms with Crippen molar-refractivity contribution in [1.29, 1.82) is 0 Å². The Hall–Kier alpha value is -2.68. The Kier molecular flexibility index (Phi) is 5.08. The van der Waals surface area contributed by atoms with Gasteiger partial charge in [-0.15, -0.1) is 0 Å². The minimum Gasteiger partial charge on any atom is -0.493 e. The van der Waals surface area contributed by atoms with Gasteiger partial charge in [0.1, 0.15) is 17.6 Å². The Morgan fingerprint density at radius 2 is 1.97 bits per heavy atom. The molecule has 0 unspecified atom stereocenters. The summed E-state index contributed by atoms with van der Waals surface area (Å²) < 4.78 is 14.5. The number of carbonyl (C=O) groups is 1. The average Bonchev–Trinajstić information content (AvgIpc) is 3.36. The molecular formula is C22H26N4O4S.